The summed E-state index contributed by atoms with van der Waals surface area (Å²) in [6.45, 7) is 9.43. The van der Waals surface area contributed by atoms with Crippen molar-refractivity contribution < 1.29 is 4.74 Å². The molecule has 0 aliphatic heterocycles. The van der Waals surface area contributed by atoms with Crippen molar-refractivity contribution in [2.45, 2.75) is 65.9 Å². The van der Waals surface area contributed by atoms with Crippen molar-refractivity contribution >= 4 is 0 Å². The van der Waals surface area contributed by atoms with E-state index in [4.69, 9.17) is 4.74 Å². The summed E-state index contributed by atoms with van der Waals surface area (Å²) in [7, 11) is 0. The Labute approximate surface area is 95.6 Å². The lowest BCUT2D eigenvalue weighted by atomic mass is 10.1. The van der Waals surface area contributed by atoms with Gasteiger partial charge in [0.25, 0.3) is 0 Å². The smallest absolute Gasteiger partial charge is 0.0579 e. The van der Waals surface area contributed by atoms with E-state index in [1.807, 2.05) is 0 Å². The fourth-order valence-electron chi connectivity index (χ4n) is 1.29. The zero-order chi connectivity index (χ0) is 11.5. The zero-order valence-electron chi connectivity index (χ0n) is 10.8. The maximum atomic E-state index is 5.40. The first kappa shape index (κ1) is 14.5. The van der Waals surface area contributed by atoms with Gasteiger partial charge >= 0.3 is 0 Å². The summed E-state index contributed by atoms with van der Waals surface area (Å²) < 4.78 is 5.40. The molecule has 0 atom stereocenters. The van der Waals surface area contributed by atoms with E-state index in [0.29, 0.717) is 6.10 Å². The summed E-state index contributed by atoms with van der Waals surface area (Å²) in [6.07, 6.45) is 6.15. The molecule has 0 aliphatic carbocycles. The highest BCUT2D eigenvalue weighted by molar-refractivity contribution is 4.98. The number of rotatable bonds is 7. The molecule has 0 rings (SSSR count). The average molecular weight is 210 g/mol. The Morgan fingerprint density at radius 1 is 0.933 bits per heavy atom. The molecule has 0 aliphatic rings. The van der Waals surface area contributed by atoms with Crippen LogP contribution in [0.3, 0.4) is 0 Å². The minimum Gasteiger partial charge on any atom is -0.378 e. The number of hydrogen-bond donors (Lipinski definition) is 0. The molecule has 0 N–H and O–H groups in total. The molecule has 0 aromatic heterocycles. The zero-order valence-corrected chi connectivity index (χ0v) is 10.8. The molecule has 0 radical (unpaired) electrons. The lowest BCUT2D eigenvalue weighted by molar-refractivity contribution is 0.0836. The van der Waals surface area contributed by atoms with E-state index in [1.54, 1.807) is 0 Å². The van der Waals surface area contributed by atoms with Crippen LogP contribution in [-0.4, -0.2) is 12.7 Å². The first-order valence-electron chi connectivity index (χ1n) is 6.20. The molecule has 0 fully saturated rings. The van der Waals surface area contributed by atoms with Crippen LogP contribution in [0.15, 0.2) is 0 Å². The molecule has 0 aromatic rings. The molecule has 0 heterocycles. The Bertz CT molecular complexity index is 183. The third kappa shape index (κ3) is 13.5. The van der Waals surface area contributed by atoms with Gasteiger partial charge in [0, 0.05) is 12.8 Å². The van der Waals surface area contributed by atoms with Gasteiger partial charge in [0.05, 0.1) is 12.7 Å². The first-order chi connectivity index (χ1) is 7.13. The van der Waals surface area contributed by atoms with E-state index in [-0.39, 0.29) is 0 Å². The van der Waals surface area contributed by atoms with E-state index in [1.165, 1.54) is 19.3 Å². The molecule has 0 saturated heterocycles. The van der Waals surface area contributed by atoms with Gasteiger partial charge in [-0.25, -0.2) is 0 Å². The third-order valence-electron chi connectivity index (χ3n) is 2.14. The van der Waals surface area contributed by atoms with Crippen molar-refractivity contribution in [1.29, 1.82) is 0 Å². The summed E-state index contributed by atoms with van der Waals surface area (Å²) in [6, 6.07) is 0. The minimum absolute atomic E-state index is 0.331. The quantitative estimate of drug-likeness (QED) is 0.455. The lowest BCUT2D eigenvalue weighted by Gasteiger charge is -2.03. The van der Waals surface area contributed by atoms with Gasteiger partial charge in [-0.2, -0.15) is 0 Å². The van der Waals surface area contributed by atoms with Crippen molar-refractivity contribution in [3.63, 3.8) is 0 Å². The molecular formula is C14H26O. The van der Waals surface area contributed by atoms with Crippen LogP contribution in [0.1, 0.15) is 59.8 Å². The first-order valence-corrected chi connectivity index (χ1v) is 6.20. The second-order valence-corrected chi connectivity index (χ2v) is 4.66. The highest BCUT2D eigenvalue weighted by Crippen LogP contribution is 2.07. The molecule has 1 heteroatoms. The number of hydrogen-bond acceptors (Lipinski definition) is 1. The van der Waals surface area contributed by atoms with Gasteiger partial charge in [0.1, 0.15) is 0 Å². The van der Waals surface area contributed by atoms with Crippen molar-refractivity contribution in [2.24, 2.45) is 5.92 Å². The molecule has 0 aromatic carbocycles. The Morgan fingerprint density at radius 2 is 1.60 bits per heavy atom. The average Bonchev–Trinajstić information content (AvgIpc) is 2.14. The van der Waals surface area contributed by atoms with Gasteiger partial charge in [-0.15, -0.1) is 11.8 Å². The minimum atomic E-state index is 0.331. The Morgan fingerprint density at radius 3 is 2.20 bits per heavy atom. The highest BCUT2D eigenvalue weighted by Gasteiger charge is 1.92. The van der Waals surface area contributed by atoms with Crippen LogP contribution in [0.5, 0.6) is 0 Å². The Balaban J connectivity index is 3.17. The fraction of sp³-hybridized carbons (Fsp3) is 0.857. The van der Waals surface area contributed by atoms with Gasteiger partial charge < -0.3 is 4.74 Å². The molecule has 0 amide bonds. The van der Waals surface area contributed by atoms with Crippen LogP contribution in [0.4, 0.5) is 0 Å². The fourth-order valence-corrected chi connectivity index (χ4v) is 1.29. The van der Waals surface area contributed by atoms with E-state index >= 15 is 0 Å². The number of ether oxygens (including phenoxy) is 1. The van der Waals surface area contributed by atoms with Gasteiger partial charge in [0.15, 0.2) is 0 Å². The van der Waals surface area contributed by atoms with Gasteiger partial charge in [-0.05, 0) is 26.2 Å². The molecular weight excluding hydrogens is 184 g/mol. The maximum Gasteiger partial charge on any atom is 0.0579 e. The van der Waals surface area contributed by atoms with Crippen LogP contribution in [0.25, 0.3) is 0 Å². The predicted molar refractivity (Wildman–Crippen MR) is 66.8 cm³/mol. The Kier molecular flexibility index (Phi) is 9.73. The summed E-state index contributed by atoms with van der Waals surface area (Å²) in [5.74, 6) is 7.19. The summed E-state index contributed by atoms with van der Waals surface area (Å²) in [4.78, 5) is 0. The van der Waals surface area contributed by atoms with E-state index < -0.39 is 0 Å². The lowest BCUT2D eigenvalue weighted by Crippen LogP contribution is -2.02. The maximum absolute atomic E-state index is 5.40. The third-order valence-corrected chi connectivity index (χ3v) is 2.14. The van der Waals surface area contributed by atoms with Crippen LogP contribution in [-0.2, 0) is 4.74 Å². The second kappa shape index (κ2) is 10.1. The SMILES string of the molecule is CC(C)CCCCC#CCCOC(C)C. The standard InChI is InChI=1S/C14H26O/c1-13(2)11-9-7-5-6-8-10-12-15-14(3)4/h13-14H,5,7,9-12H2,1-4H3. The van der Waals surface area contributed by atoms with E-state index in [9.17, 15) is 0 Å². The second-order valence-electron chi connectivity index (χ2n) is 4.66. The van der Waals surface area contributed by atoms with Gasteiger partial charge in [0.2, 0.25) is 0 Å². The molecule has 1 nitrogen and oxygen atoms in total. The van der Waals surface area contributed by atoms with Crippen LogP contribution in [0.2, 0.25) is 0 Å². The molecule has 88 valence electrons. The molecule has 15 heavy (non-hydrogen) atoms. The van der Waals surface area contributed by atoms with Crippen LogP contribution >= 0.6 is 0 Å². The summed E-state index contributed by atoms with van der Waals surface area (Å²) >= 11 is 0. The van der Waals surface area contributed by atoms with Crippen molar-refractivity contribution in [3.05, 3.63) is 0 Å². The summed E-state index contributed by atoms with van der Waals surface area (Å²) in [5.41, 5.74) is 0. The van der Waals surface area contributed by atoms with E-state index in [2.05, 4.69) is 39.5 Å². The van der Waals surface area contributed by atoms with Crippen LogP contribution < -0.4 is 0 Å². The molecule has 0 spiro atoms. The molecule has 0 saturated carbocycles. The molecule has 0 unspecified atom stereocenters. The highest BCUT2D eigenvalue weighted by atomic mass is 16.5. The number of unbranched alkanes of at least 4 members (excludes halogenated alkanes) is 2. The van der Waals surface area contributed by atoms with Crippen molar-refractivity contribution in [2.75, 3.05) is 6.61 Å². The normalized spacial score (nSPS) is 10.5. The Hall–Kier alpha value is -0.480. The van der Waals surface area contributed by atoms with E-state index in [0.717, 1.165) is 25.4 Å². The monoisotopic (exact) mass is 210 g/mol. The predicted octanol–water partition coefficient (Wildman–Crippen LogP) is 4.02. The van der Waals surface area contributed by atoms with Crippen molar-refractivity contribution in [1.82, 2.24) is 0 Å². The van der Waals surface area contributed by atoms with Gasteiger partial charge in [-0.1, -0.05) is 26.7 Å². The van der Waals surface area contributed by atoms with Gasteiger partial charge in [-0.3, -0.25) is 0 Å². The topological polar surface area (TPSA) is 9.23 Å². The summed E-state index contributed by atoms with van der Waals surface area (Å²) in [5, 5.41) is 0. The van der Waals surface area contributed by atoms with Crippen molar-refractivity contribution in [3.8, 4) is 11.8 Å². The van der Waals surface area contributed by atoms with Crippen LogP contribution in [0, 0.1) is 17.8 Å². The largest absolute Gasteiger partial charge is 0.378 e. The molecule has 0 bridgehead atoms.